The van der Waals surface area contributed by atoms with Gasteiger partial charge in [0.25, 0.3) is 0 Å². The second kappa shape index (κ2) is 1.90. The van der Waals surface area contributed by atoms with E-state index in [1.54, 1.807) is 0 Å². The first kappa shape index (κ1) is 5.59. The van der Waals surface area contributed by atoms with Crippen molar-refractivity contribution in [1.82, 2.24) is 0 Å². The smallest absolute Gasteiger partial charge is 0.197 e. The highest BCUT2D eigenvalue weighted by molar-refractivity contribution is 6.29. The Hall–Kier alpha value is -1.18. The van der Waals surface area contributed by atoms with Crippen LogP contribution < -0.4 is 0 Å². The van der Waals surface area contributed by atoms with Gasteiger partial charge >= 0.3 is 5.82 Å². The Morgan fingerprint density at radius 1 is 1.60 bits per heavy atom. The van der Waals surface area contributed by atoms with Crippen LogP contribution in [0.15, 0.2) is 29.2 Å². The van der Waals surface area contributed by atoms with Gasteiger partial charge in [0.2, 0.25) is 0 Å². The van der Waals surface area contributed by atoms with E-state index in [4.69, 9.17) is 0 Å². The molecule has 0 saturated heterocycles. The van der Waals surface area contributed by atoms with Crippen molar-refractivity contribution in [2.24, 2.45) is 4.99 Å². The Bertz CT molecular complexity index is 280. The van der Waals surface area contributed by atoms with Gasteiger partial charge in [-0.15, -0.1) is 0 Å². The second-order valence-electron chi connectivity index (χ2n) is 2.34. The highest BCUT2D eigenvalue weighted by Gasteiger charge is 2.22. The van der Waals surface area contributed by atoms with Gasteiger partial charge in [0.15, 0.2) is 11.9 Å². The highest BCUT2D eigenvalue weighted by Crippen LogP contribution is 2.13. The molecule has 0 bridgehead atoms. The molecular weight excluding hydrogens is 124 g/mol. The molecule has 0 radical (unpaired) electrons. The summed E-state index contributed by atoms with van der Waals surface area (Å²) in [5, 5.41) is 0. The van der Waals surface area contributed by atoms with Gasteiger partial charge in [0, 0.05) is 12.5 Å². The number of hydrogen-bond acceptors (Lipinski definition) is 1. The molecule has 2 heterocycles. The third kappa shape index (κ3) is 0.588. The molecule has 0 aromatic heterocycles. The summed E-state index contributed by atoms with van der Waals surface area (Å²) in [6.07, 6.45) is 9.04. The van der Waals surface area contributed by atoms with E-state index in [1.807, 2.05) is 24.6 Å². The lowest BCUT2D eigenvalue weighted by molar-refractivity contribution is -0.393. The predicted molar refractivity (Wildman–Crippen MR) is 41.3 cm³/mol. The maximum atomic E-state index is 4.21. The summed E-state index contributed by atoms with van der Waals surface area (Å²) in [7, 11) is 0. The Morgan fingerprint density at radius 2 is 2.50 bits per heavy atom. The summed E-state index contributed by atoms with van der Waals surface area (Å²) in [5.41, 5.74) is 1.28. The number of aliphatic imine (C=N–C) groups is 1. The van der Waals surface area contributed by atoms with Crippen LogP contribution in [0.5, 0.6) is 0 Å². The molecule has 0 N–H and O–H groups in total. The van der Waals surface area contributed by atoms with Crippen LogP contribution in [-0.2, 0) is 0 Å². The summed E-state index contributed by atoms with van der Waals surface area (Å²) >= 11 is 0. The van der Waals surface area contributed by atoms with Crippen molar-refractivity contribution in [3.63, 3.8) is 0 Å². The van der Waals surface area contributed by atoms with Crippen molar-refractivity contribution in [1.29, 1.82) is 0 Å². The minimum atomic E-state index is 1.05. The summed E-state index contributed by atoms with van der Waals surface area (Å²) in [6, 6.07) is 0. The van der Waals surface area contributed by atoms with Crippen LogP contribution in [0.4, 0.5) is 0 Å². The van der Waals surface area contributed by atoms with E-state index in [2.05, 4.69) is 16.5 Å². The Labute approximate surface area is 59.9 Å². The standard InChI is InChI=1S/C8H9N2/c1-2-7-6-9-8-4-3-5-10(7)8/h3-6H,2H2,1H3/q+1. The van der Waals surface area contributed by atoms with Crippen LogP contribution in [0.2, 0.25) is 0 Å². The van der Waals surface area contributed by atoms with Crippen LogP contribution in [0, 0.1) is 0 Å². The largest absolute Gasteiger partial charge is 0.328 e. The fourth-order valence-corrected chi connectivity index (χ4v) is 1.18. The van der Waals surface area contributed by atoms with Gasteiger partial charge in [-0.25, -0.2) is 0 Å². The molecule has 2 rings (SSSR count). The molecule has 2 aliphatic rings. The average molecular weight is 133 g/mol. The number of allylic oxidation sites excluding steroid dienone is 2. The third-order valence-electron chi connectivity index (χ3n) is 1.74. The molecule has 0 aliphatic carbocycles. The van der Waals surface area contributed by atoms with Crippen molar-refractivity contribution in [2.45, 2.75) is 13.3 Å². The van der Waals surface area contributed by atoms with Crippen LogP contribution in [-0.4, -0.2) is 16.5 Å². The van der Waals surface area contributed by atoms with Gasteiger partial charge in [0.1, 0.15) is 0 Å². The zero-order valence-corrected chi connectivity index (χ0v) is 5.91. The predicted octanol–water partition coefficient (Wildman–Crippen LogP) is 1.30. The fourth-order valence-electron chi connectivity index (χ4n) is 1.18. The maximum absolute atomic E-state index is 4.21. The Kier molecular flexibility index (Phi) is 1.07. The van der Waals surface area contributed by atoms with Crippen molar-refractivity contribution in [3.05, 3.63) is 24.2 Å². The zero-order valence-electron chi connectivity index (χ0n) is 5.91. The molecule has 0 saturated carbocycles. The first-order valence-electron chi connectivity index (χ1n) is 3.49. The molecule has 0 aromatic carbocycles. The lowest BCUT2D eigenvalue weighted by Crippen LogP contribution is -2.07. The van der Waals surface area contributed by atoms with Gasteiger partial charge in [-0.3, -0.25) is 0 Å². The van der Waals surface area contributed by atoms with Gasteiger partial charge < -0.3 is 0 Å². The van der Waals surface area contributed by atoms with E-state index in [0.717, 1.165) is 12.2 Å². The van der Waals surface area contributed by atoms with Crippen molar-refractivity contribution in [2.75, 3.05) is 0 Å². The van der Waals surface area contributed by atoms with Crippen LogP contribution in [0.25, 0.3) is 0 Å². The minimum Gasteiger partial charge on any atom is -0.197 e. The molecule has 0 atom stereocenters. The highest BCUT2D eigenvalue weighted by atomic mass is 15.2. The fraction of sp³-hybridized carbons (Fsp3) is 0.250. The van der Waals surface area contributed by atoms with Gasteiger partial charge in [0.05, 0.1) is 6.20 Å². The number of rotatable bonds is 1. The summed E-state index contributed by atoms with van der Waals surface area (Å²) < 4.78 is 2.11. The van der Waals surface area contributed by atoms with E-state index < -0.39 is 0 Å². The van der Waals surface area contributed by atoms with E-state index in [0.29, 0.717) is 0 Å². The molecule has 0 unspecified atom stereocenters. The molecule has 50 valence electrons. The third-order valence-corrected chi connectivity index (χ3v) is 1.74. The minimum absolute atomic E-state index is 1.05. The van der Waals surface area contributed by atoms with Crippen LogP contribution >= 0.6 is 0 Å². The zero-order chi connectivity index (χ0) is 6.97. The van der Waals surface area contributed by atoms with E-state index in [9.17, 15) is 0 Å². The van der Waals surface area contributed by atoms with Gasteiger partial charge in [-0.1, -0.05) is 6.92 Å². The first-order valence-corrected chi connectivity index (χ1v) is 3.49. The molecule has 2 heteroatoms. The molecule has 0 spiro atoms. The molecule has 0 amide bonds. The lowest BCUT2D eigenvalue weighted by atomic mass is 10.3. The Balaban J connectivity index is 2.49. The van der Waals surface area contributed by atoms with Crippen molar-refractivity contribution < 1.29 is 4.58 Å². The van der Waals surface area contributed by atoms with Crippen molar-refractivity contribution >= 4 is 11.9 Å². The second-order valence-corrected chi connectivity index (χ2v) is 2.34. The molecule has 10 heavy (non-hydrogen) atoms. The topological polar surface area (TPSA) is 15.4 Å². The monoisotopic (exact) mass is 133 g/mol. The number of nitrogens with zero attached hydrogens (tertiary/aromatic N) is 2. The van der Waals surface area contributed by atoms with Crippen molar-refractivity contribution in [3.8, 4) is 0 Å². The number of fused-ring (bicyclic) bond motifs is 1. The van der Waals surface area contributed by atoms with E-state index in [1.165, 1.54) is 5.71 Å². The maximum Gasteiger partial charge on any atom is 0.328 e. The van der Waals surface area contributed by atoms with Gasteiger partial charge in [-0.05, 0) is 11.1 Å². The molecule has 0 fully saturated rings. The van der Waals surface area contributed by atoms with Crippen LogP contribution in [0.1, 0.15) is 13.3 Å². The normalized spacial score (nSPS) is 20.3. The quantitative estimate of drug-likeness (QED) is 0.479. The number of hydrogen-bond donors (Lipinski definition) is 0. The molecular formula is C8H9N2+. The van der Waals surface area contributed by atoms with Crippen LogP contribution in [0.3, 0.4) is 0 Å². The van der Waals surface area contributed by atoms with E-state index >= 15 is 0 Å². The SMILES string of the molecule is CCC1=[N+]2C=CC=C2N=C1. The Morgan fingerprint density at radius 3 is 3.30 bits per heavy atom. The molecule has 0 aromatic rings. The molecule has 2 nitrogen and oxygen atoms in total. The first-order chi connectivity index (χ1) is 4.92. The lowest BCUT2D eigenvalue weighted by Gasteiger charge is -1.89. The average Bonchev–Trinajstić information content (AvgIpc) is 2.44. The van der Waals surface area contributed by atoms with E-state index in [-0.39, 0.29) is 0 Å². The van der Waals surface area contributed by atoms with Gasteiger partial charge in [-0.2, -0.15) is 4.58 Å². The molecule has 2 aliphatic heterocycles. The summed E-state index contributed by atoms with van der Waals surface area (Å²) in [6.45, 7) is 2.14. The summed E-state index contributed by atoms with van der Waals surface area (Å²) in [4.78, 5) is 4.21. The summed E-state index contributed by atoms with van der Waals surface area (Å²) in [5.74, 6) is 1.05.